The Morgan fingerprint density at radius 2 is 2.00 bits per heavy atom. The van der Waals surface area contributed by atoms with Crippen molar-refractivity contribution in [2.24, 2.45) is 17.6 Å². The zero-order valence-corrected chi connectivity index (χ0v) is 9.96. The lowest BCUT2D eigenvalue weighted by Gasteiger charge is -2.16. The Hall–Kier alpha value is -0.570. The summed E-state index contributed by atoms with van der Waals surface area (Å²) in [5.41, 5.74) is 5.79. The van der Waals surface area contributed by atoms with Gasteiger partial charge in [-0.3, -0.25) is 4.79 Å². The molecule has 1 aliphatic carbocycles. The summed E-state index contributed by atoms with van der Waals surface area (Å²) in [7, 11) is 0. The number of amides is 1. The van der Waals surface area contributed by atoms with Gasteiger partial charge in [0, 0.05) is 6.54 Å². The maximum Gasteiger partial charge on any atom is 0.236 e. The smallest absolute Gasteiger partial charge is 0.236 e. The number of nitrogens with two attached hydrogens (primary N) is 1. The lowest BCUT2D eigenvalue weighted by atomic mass is 10.0. The largest absolute Gasteiger partial charge is 0.354 e. The zero-order chi connectivity index (χ0) is 11.3. The van der Waals surface area contributed by atoms with E-state index in [-0.39, 0.29) is 11.9 Å². The molecule has 3 nitrogen and oxygen atoms in total. The molecule has 1 amide bonds. The van der Waals surface area contributed by atoms with E-state index in [1.807, 2.05) is 0 Å². The van der Waals surface area contributed by atoms with Gasteiger partial charge < -0.3 is 11.1 Å². The fourth-order valence-corrected chi connectivity index (χ4v) is 2.21. The zero-order valence-electron chi connectivity index (χ0n) is 9.96. The van der Waals surface area contributed by atoms with Gasteiger partial charge >= 0.3 is 0 Å². The maximum atomic E-state index is 11.6. The second-order valence-electron chi connectivity index (χ2n) is 5.13. The Morgan fingerprint density at radius 1 is 1.40 bits per heavy atom. The van der Waals surface area contributed by atoms with Crippen LogP contribution >= 0.6 is 0 Å². The van der Waals surface area contributed by atoms with Crippen molar-refractivity contribution in [1.82, 2.24) is 5.32 Å². The monoisotopic (exact) mass is 212 g/mol. The molecule has 1 saturated carbocycles. The molecule has 3 N–H and O–H groups in total. The molecule has 1 atom stereocenters. The SMILES string of the molecule is CC(C)C[C@@H](N)C(=O)NCC1CCCC1. The Kier molecular flexibility index (Phi) is 5.09. The highest BCUT2D eigenvalue weighted by atomic mass is 16.2. The maximum absolute atomic E-state index is 11.6. The molecule has 1 rings (SSSR count). The van der Waals surface area contributed by atoms with Crippen LogP contribution in [-0.2, 0) is 4.79 Å². The molecule has 0 aromatic carbocycles. The van der Waals surface area contributed by atoms with Gasteiger partial charge in [0.15, 0.2) is 0 Å². The summed E-state index contributed by atoms with van der Waals surface area (Å²) in [6.07, 6.45) is 5.94. The molecular formula is C12H24N2O. The van der Waals surface area contributed by atoms with Gasteiger partial charge in [-0.05, 0) is 31.1 Å². The van der Waals surface area contributed by atoms with E-state index in [1.165, 1.54) is 25.7 Å². The fourth-order valence-electron chi connectivity index (χ4n) is 2.21. The van der Waals surface area contributed by atoms with Crippen molar-refractivity contribution in [3.63, 3.8) is 0 Å². The summed E-state index contributed by atoms with van der Waals surface area (Å²) in [6.45, 7) is 5.00. The number of hydrogen-bond donors (Lipinski definition) is 2. The number of nitrogens with one attached hydrogen (secondary N) is 1. The van der Waals surface area contributed by atoms with E-state index in [4.69, 9.17) is 5.73 Å². The summed E-state index contributed by atoms with van der Waals surface area (Å²) >= 11 is 0. The average Bonchev–Trinajstić information content (AvgIpc) is 2.65. The van der Waals surface area contributed by atoms with Crippen LogP contribution in [0, 0.1) is 11.8 Å². The first kappa shape index (κ1) is 12.5. The van der Waals surface area contributed by atoms with E-state index < -0.39 is 0 Å². The van der Waals surface area contributed by atoms with E-state index in [2.05, 4.69) is 19.2 Å². The molecule has 3 heteroatoms. The number of carbonyl (C=O) groups is 1. The Morgan fingerprint density at radius 3 is 2.53 bits per heavy atom. The van der Waals surface area contributed by atoms with Gasteiger partial charge in [0.2, 0.25) is 5.91 Å². The molecular weight excluding hydrogens is 188 g/mol. The van der Waals surface area contributed by atoms with Gasteiger partial charge in [0.25, 0.3) is 0 Å². The summed E-state index contributed by atoms with van der Waals surface area (Å²) < 4.78 is 0. The van der Waals surface area contributed by atoms with E-state index in [0.29, 0.717) is 11.8 Å². The van der Waals surface area contributed by atoms with Crippen LogP contribution in [0.25, 0.3) is 0 Å². The minimum atomic E-state index is -0.327. The molecule has 0 bridgehead atoms. The van der Waals surface area contributed by atoms with Crippen LogP contribution in [-0.4, -0.2) is 18.5 Å². The van der Waals surface area contributed by atoms with Crippen molar-refractivity contribution in [3.8, 4) is 0 Å². The van der Waals surface area contributed by atoms with E-state index in [0.717, 1.165) is 13.0 Å². The van der Waals surface area contributed by atoms with Crippen molar-refractivity contribution in [2.75, 3.05) is 6.54 Å². The first-order valence-corrected chi connectivity index (χ1v) is 6.13. The van der Waals surface area contributed by atoms with Crippen LogP contribution in [0.3, 0.4) is 0 Å². The molecule has 1 fully saturated rings. The molecule has 0 radical (unpaired) electrons. The highest BCUT2D eigenvalue weighted by Crippen LogP contribution is 2.23. The normalized spacial score (nSPS) is 19.5. The highest BCUT2D eigenvalue weighted by Gasteiger charge is 2.18. The van der Waals surface area contributed by atoms with Crippen molar-refractivity contribution < 1.29 is 4.79 Å². The molecule has 0 saturated heterocycles. The Labute approximate surface area is 92.8 Å². The third-order valence-corrected chi connectivity index (χ3v) is 3.10. The van der Waals surface area contributed by atoms with Crippen molar-refractivity contribution >= 4 is 5.91 Å². The number of rotatable bonds is 5. The Bertz CT molecular complexity index is 198. The van der Waals surface area contributed by atoms with Crippen LogP contribution in [0.4, 0.5) is 0 Å². The molecule has 0 aromatic heterocycles. The average molecular weight is 212 g/mol. The van der Waals surface area contributed by atoms with E-state index in [9.17, 15) is 4.79 Å². The van der Waals surface area contributed by atoms with Gasteiger partial charge in [0.05, 0.1) is 6.04 Å². The fraction of sp³-hybridized carbons (Fsp3) is 0.917. The summed E-state index contributed by atoms with van der Waals surface area (Å²) in [6, 6.07) is -0.327. The van der Waals surface area contributed by atoms with Crippen LogP contribution in [0.5, 0.6) is 0 Å². The highest BCUT2D eigenvalue weighted by molar-refractivity contribution is 5.81. The summed E-state index contributed by atoms with van der Waals surface area (Å²) in [4.78, 5) is 11.6. The molecule has 15 heavy (non-hydrogen) atoms. The van der Waals surface area contributed by atoms with Gasteiger partial charge in [-0.1, -0.05) is 26.7 Å². The van der Waals surface area contributed by atoms with Gasteiger partial charge in [0.1, 0.15) is 0 Å². The Balaban J connectivity index is 2.16. The lowest BCUT2D eigenvalue weighted by Crippen LogP contribution is -2.42. The molecule has 88 valence electrons. The second kappa shape index (κ2) is 6.11. The predicted molar refractivity (Wildman–Crippen MR) is 62.4 cm³/mol. The van der Waals surface area contributed by atoms with Crippen LogP contribution < -0.4 is 11.1 Å². The lowest BCUT2D eigenvalue weighted by molar-refractivity contribution is -0.122. The molecule has 0 heterocycles. The minimum Gasteiger partial charge on any atom is -0.354 e. The standard InChI is InChI=1S/C12H24N2O/c1-9(2)7-11(13)12(15)14-8-10-5-3-4-6-10/h9-11H,3-8,13H2,1-2H3,(H,14,15)/t11-/m1/s1. The summed E-state index contributed by atoms with van der Waals surface area (Å²) in [5.74, 6) is 1.20. The molecule has 0 spiro atoms. The van der Waals surface area contributed by atoms with E-state index >= 15 is 0 Å². The van der Waals surface area contributed by atoms with Gasteiger partial charge in [-0.2, -0.15) is 0 Å². The number of hydrogen-bond acceptors (Lipinski definition) is 2. The number of carbonyl (C=O) groups excluding carboxylic acids is 1. The third kappa shape index (κ3) is 4.65. The topological polar surface area (TPSA) is 55.1 Å². The molecule has 0 aromatic rings. The third-order valence-electron chi connectivity index (χ3n) is 3.10. The second-order valence-corrected chi connectivity index (χ2v) is 5.13. The van der Waals surface area contributed by atoms with Gasteiger partial charge in [-0.25, -0.2) is 0 Å². The predicted octanol–water partition coefficient (Wildman–Crippen LogP) is 1.67. The van der Waals surface area contributed by atoms with E-state index in [1.54, 1.807) is 0 Å². The minimum absolute atomic E-state index is 0.0237. The molecule has 1 aliphatic rings. The van der Waals surface area contributed by atoms with Gasteiger partial charge in [-0.15, -0.1) is 0 Å². The quantitative estimate of drug-likeness (QED) is 0.728. The van der Waals surface area contributed by atoms with Crippen LogP contribution in [0.2, 0.25) is 0 Å². The van der Waals surface area contributed by atoms with Crippen molar-refractivity contribution in [2.45, 2.75) is 52.0 Å². The summed E-state index contributed by atoms with van der Waals surface area (Å²) in [5, 5.41) is 2.97. The van der Waals surface area contributed by atoms with Crippen molar-refractivity contribution in [3.05, 3.63) is 0 Å². The first-order valence-electron chi connectivity index (χ1n) is 6.13. The molecule has 0 unspecified atom stereocenters. The van der Waals surface area contributed by atoms with Crippen molar-refractivity contribution in [1.29, 1.82) is 0 Å². The first-order chi connectivity index (χ1) is 7.09. The van der Waals surface area contributed by atoms with Crippen LogP contribution in [0.15, 0.2) is 0 Å². The molecule has 0 aliphatic heterocycles. The van der Waals surface area contributed by atoms with Crippen LogP contribution in [0.1, 0.15) is 46.0 Å².